The quantitative estimate of drug-likeness (QED) is 0.926. The summed E-state index contributed by atoms with van der Waals surface area (Å²) in [5, 5.41) is 5.37. The van der Waals surface area contributed by atoms with Gasteiger partial charge in [0.1, 0.15) is 12.3 Å². The SMILES string of the molecule is C[C@H]1Oc2ccccc2N(CC(=O)Nc2nc(C3CC3)cs2)C1=O. The second kappa shape index (κ2) is 5.90. The number of fused-ring (bicyclic) bond motifs is 1. The van der Waals surface area contributed by atoms with Gasteiger partial charge in [-0.05, 0) is 31.9 Å². The van der Waals surface area contributed by atoms with Crippen LogP contribution in [0, 0.1) is 0 Å². The normalized spacial score (nSPS) is 19.6. The topological polar surface area (TPSA) is 71.5 Å². The van der Waals surface area contributed by atoms with Crippen LogP contribution in [-0.4, -0.2) is 29.4 Å². The molecule has 0 radical (unpaired) electrons. The van der Waals surface area contributed by atoms with Crippen molar-refractivity contribution in [3.63, 3.8) is 0 Å². The van der Waals surface area contributed by atoms with Gasteiger partial charge in [0.2, 0.25) is 5.91 Å². The van der Waals surface area contributed by atoms with Crippen LogP contribution in [0.1, 0.15) is 31.4 Å². The number of nitrogens with zero attached hydrogens (tertiary/aromatic N) is 2. The van der Waals surface area contributed by atoms with E-state index in [9.17, 15) is 9.59 Å². The van der Waals surface area contributed by atoms with Gasteiger partial charge in [0.25, 0.3) is 5.91 Å². The summed E-state index contributed by atoms with van der Waals surface area (Å²) in [6.07, 6.45) is 1.75. The minimum atomic E-state index is -0.603. The van der Waals surface area contributed by atoms with Gasteiger partial charge in [0.15, 0.2) is 11.2 Å². The first-order chi connectivity index (χ1) is 11.6. The van der Waals surface area contributed by atoms with E-state index in [1.807, 2.05) is 17.5 Å². The zero-order chi connectivity index (χ0) is 16.7. The molecule has 2 amide bonds. The van der Waals surface area contributed by atoms with Crippen molar-refractivity contribution in [3.05, 3.63) is 35.3 Å². The van der Waals surface area contributed by atoms with Crippen LogP contribution < -0.4 is 15.0 Å². The molecule has 1 aliphatic carbocycles. The Kier molecular flexibility index (Phi) is 3.72. The number of thiazole rings is 1. The third kappa shape index (κ3) is 2.87. The van der Waals surface area contributed by atoms with Gasteiger partial charge < -0.3 is 10.1 Å². The van der Waals surface area contributed by atoms with E-state index in [-0.39, 0.29) is 18.4 Å². The maximum Gasteiger partial charge on any atom is 0.268 e. The summed E-state index contributed by atoms with van der Waals surface area (Å²) in [5.41, 5.74) is 1.67. The molecule has 6 nitrogen and oxygen atoms in total. The summed E-state index contributed by atoms with van der Waals surface area (Å²) in [6, 6.07) is 7.24. The van der Waals surface area contributed by atoms with Gasteiger partial charge in [-0.3, -0.25) is 14.5 Å². The van der Waals surface area contributed by atoms with Crippen molar-refractivity contribution in [1.29, 1.82) is 0 Å². The van der Waals surface area contributed by atoms with Crippen molar-refractivity contribution in [1.82, 2.24) is 4.98 Å². The molecule has 24 heavy (non-hydrogen) atoms. The minimum Gasteiger partial charge on any atom is -0.479 e. The summed E-state index contributed by atoms with van der Waals surface area (Å²) >= 11 is 1.42. The van der Waals surface area contributed by atoms with E-state index < -0.39 is 6.10 Å². The third-order valence-corrected chi connectivity index (χ3v) is 4.92. The van der Waals surface area contributed by atoms with Crippen LogP contribution in [0.15, 0.2) is 29.6 Å². The summed E-state index contributed by atoms with van der Waals surface area (Å²) in [5.74, 6) is 0.689. The summed E-state index contributed by atoms with van der Waals surface area (Å²) in [6.45, 7) is 1.63. The molecular formula is C17H17N3O3S. The zero-order valence-corrected chi connectivity index (χ0v) is 14.0. The van der Waals surface area contributed by atoms with Gasteiger partial charge in [0, 0.05) is 11.3 Å². The van der Waals surface area contributed by atoms with Crippen LogP contribution in [-0.2, 0) is 9.59 Å². The van der Waals surface area contributed by atoms with Gasteiger partial charge in [-0.15, -0.1) is 11.3 Å². The lowest BCUT2D eigenvalue weighted by Crippen LogP contribution is -2.47. The monoisotopic (exact) mass is 343 g/mol. The molecule has 1 aromatic heterocycles. The number of carbonyl (C=O) groups excluding carboxylic acids is 2. The fraction of sp³-hybridized carbons (Fsp3) is 0.353. The van der Waals surface area contributed by atoms with Gasteiger partial charge in [0.05, 0.1) is 11.4 Å². The molecule has 1 aliphatic heterocycles. The average Bonchev–Trinajstić information content (AvgIpc) is 3.32. The number of benzene rings is 1. The highest BCUT2D eigenvalue weighted by molar-refractivity contribution is 7.13. The molecule has 2 heterocycles. The molecular weight excluding hydrogens is 326 g/mol. The number of hydrogen-bond acceptors (Lipinski definition) is 5. The van der Waals surface area contributed by atoms with E-state index in [1.165, 1.54) is 29.1 Å². The van der Waals surface area contributed by atoms with Gasteiger partial charge in [-0.25, -0.2) is 4.98 Å². The van der Waals surface area contributed by atoms with E-state index in [4.69, 9.17) is 4.74 Å². The van der Waals surface area contributed by atoms with E-state index in [0.29, 0.717) is 22.5 Å². The molecule has 1 saturated carbocycles. The van der Waals surface area contributed by atoms with Crippen molar-refractivity contribution in [2.45, 2.75) is 31.8 Å². The molecule has 1 N–H and O–H groups in total. The van der Waals surface area contributed by atoms with Crippen molar-refractivity contribution in [3.8, 4) is 5.75 Å². The first kappa shape index (κ1) is 15.1. The van der Waals surface area contributed by atoms with Crippen LogP contribution in [0.2, 0.25) is 0 Å². The molecule has 0 unspecified atom stereocenters. The van der Waals surface area contributed by atoms with E-state index in [0.717, 1.165) is 5.69 Å². The lowest BCUT2D eigenvalue weighted by atomic mass is 10.2. The highest BCUT2D eigenvalue weighted by Crippen LogP contribution is 2.41. The van der Waals surface area contributed by atoms with Crippen LogP contribution in [0.5, 0.6) is 5.75 Å². The Hall–Kier alpha value is -2.41. The maximum absolute atomic E-state index is 12.4. The standard InChI is InChI=1S/C17H17N3O3S/c1-10-16(22)20(13-4-2-3-5-14(13)23-10)8-15(21)19-17-18-12(9-24-17)11-6-7-11/h2-5,9-11H,6-8H2,1H3,(H,18,19,21)/t10-/m1/s1. The minimum absolute atomic E-state index is 0.0537. The smallest absolute Gasteiger partial charge is 0.268 e. The predicted octanol–water partition coefficient (Wildman–Crippen LogP) is 2.77. The Morgan fingerprint density at radius 2 is 2.21 bits per heavy atom. The highest BCUT2D eigenvalue weighted by Gasteiger charge is 2.32. The van der Waals surface area contributed by atoms with Crippen LogP contribution in [0.3, 0.4) is 0 Å². The molecule has 1 aromatic carbocycles. The maximum atomic E-state index is 12.4. The molecule has 0 spiro atoms. The molecule has 7 heteroatoms. The van der Waals surface area contributed by atoms with E-state index in [2.05, 4.69) is 10.3 Å². The van der Waals surface area contributed by atoms with Crippen LogP contribution >= 0.6 is 11.3 Å². The Balaban J connectivity index is 1.48. The van der Waals surface area contributed by atoms with Crippen molar-refractivity contribution in [2.24, 2.45) is 0 Å². The molecule has 1 fully saturated rings. The van der Waals surface area contributed by atoms with Crippen LogP contribution in [0.25, 0.3) is 0 Å². The molecule has 0 bridgehead atoms. The number of ether oxygens (including phenoxy) is 1. The second-order valence-corrected chi connectivity index (χ2v) is 6.91. The van der Waals surface area contributed by atoms with E-state index >= 15 is 0 Å². The van der Waals surface area contributed by atoms with Crippen molar-refractivity contribution < 1.29 is 14.3 Å². The summed E-state index contributed by atoms with van der Waals surface area (Å²) in [7, 11) is 0. The number of nitrogens with one attached hydrogen (secondary N) is 1. The third-order valence-electron chi connectivity index (χ3n) is 4.14. The number of rotatable bonds is 4. The number of aromatic nitrogens is 1. The average molecular weight is 343 g/mol. The largest absolute Gasteiger partial charge is 0.479 e. The van der Waals surface area contributed by atoms with Crippen LogP contribution in [0.4, 0.5) is 10.8 Å². The molecule has 2 aliphatic rings. The Labute approximate surface area is 143 Å². The molecule has 2 aromatic rings. The van der Waals surface area contributed by atoms with Crippen molar-refractivity contribution >= 4 is 34.0 Å². The molecule has 0 saturated heterocycles. The lowest BCUT2D eigenvalue weighted by Gasteiger charge is -2.32. The number of anilines is 2. The number of carbonyl (C=O) groups is 2. The fourth-order valence-electron chi connectivity index (χ4n) is 2.73. The molecule has 124 valence electrons. The van der Waals surface area contributed by atoms with Crippen molar-refractivity contribution in [2.75, 3.05) is 16.8 Å². The summed E-state index contributed by atoms with van der Waals surface area (Å²) < 4.78 is 5.58. The summed E-state index contributed by atoms with van der Waals surface area (Å²) in [4.78, 5) is 30.7. The number of amides is 2. The first-order valence-electron chi connectivity index (χ1n) is 7.94. The number of para-hydroxylation sites is 2. The molecule has 4 rings (SSSR count). The Morgan fingerprint density at radius 3 is 3.00 bits per heavy atom. The predicted molar refractivity (Wildman–Crippen MR) is 91.6 cm³/mol. The molecule has 1 atom stereocenters. The lowest BCUT2D eigenvalue weighted by molar-refractivity contribution is -0.127. The number of hydrogen-bond donors (Lipinski definition) is 1. The highest BCUT2D eigenvalue weighted by atomic mass is 32.1. The van der Waals surface area contributed by atoms with Gasteiger partial charge in [-0.2, -0.15) is 0 Å². The van der Waals surface area contributed by atoms with E-state index in [1.54, 1.807) is 19.1 Å². The van der Waals surface area contributed by atoms with Gasteiger partial charge in [-0.1, -0.05) is 12.1 Å². The Morgan fingerprint density at radius 1 is 1.42 bits per heavy atom. The first-order valence-corrected chi connectivity index (χ1v) is 8.82. The fourth-order valence-corrected chi connectivity index (χ4v) is 3.54. The zero-order valence-electron chi connectivity index (χ0n) is 13.2. The van der Waals surface area contributed by atoms with Gasteiger partial charge >= 0.3 is 0 Å². The second-order valence-electron chi connectivity index (χ2n) is 6.05. The Bertz CT molecular complexity index is 800.